The summed E-state index contributed by atoms with van der Waals surface area (Å²) in [5, 5.41) is 11.2. The Morgan fingerprint density at radius 3 is 2.27 bits per heavy atom. The van der Waals surface area contributed by atoms with E-state index < -0.39 is 33.3 Å². The molecule has 0 aromatic heterocycles. The topological polar surface area (TPSA) is 99.6 Å². The Labute approximate surface area is 190 Å². The highest BCUT2D eigenvalue weighted by Gasteiger charge is 2.50. The van der Waals surface area contributed by atoms with Gasteiger partial charge in [0.1, 0.15) is 11.2 Å². The van der Waals surface area contributed by atoms with Crippen LogP contribution in [0.1, 0.15) is 50.2 Å². The largest absolute Gasteiger partial charge is 0.416 e. The van der Waals surface area contributed by atoms with Crippen molar-refractivity contribution in [2.45, 2.75) is 50.7 Å². The smallest absolute Gasteiger partial charge is 0.382 e. The van der Waals surface area contributed by atoms with Gasteiger partial charge in [-0.15, -0.1) is 0 Å². The molecule has 0 bridgehead atoms. The zero-order valence-corrected chi connectivity index (χ0v) is 19.4. The molecule has 1 fully saturated rings. The fraction of sp³-hybridized carbons (Fsp3) is 0.455. The third kappa shape index (κ3) is 5.40. The van der Waals surface area contributed by atoms with Gasteiger partial charge in [-0.2, -0.15) is 21.6 Å². The van der Waals surface area contributed by atoms with Crippen molar-refractivity contribution in [1.29, 1.82) is 5.41 Å². The SMILES string of the molecule is C/C(=C/C(=N)c1ccc(C(F)(F)F)cc1)N(C)C1=C(OS(C)(=O)=O)C2(CCCCC2)NC1=O. The van der Waals surface area contributed by atoms with E-state index in [2.05, 4.69) is 5.32 Å². The van der Waals surface area contributed by atoms with Gasteiger partial charge in [-0.05, 0) is 43.5 Å². The Balaban J connectivity index is 1.94. The van der Waals surface area contributed by atoms with Crippen molar-refractivity contribution < 1.29 is 30.6 Å². The first-order valence-electron chi connectivity index (χ1n) is 10.4. The first-order chi connectivity index (χ1) is 15.2. The highest BCUT2D eigenvalue weighted by molar-refractivity contribution is 7.86. The molecule has 0 saturated heterocycles. The van der Waals surface area contributed by atoms with E-state index in [0.717, 1.165) is 37.7 Å². The van der Waals surface area contributed by atoms with Gasteiger partial charge in [-0.1, -0.05) is 31.4 Å². The van der Waals surface area contributed by atoms with Gasteiger partial charge in [0.05, 0.1) is 17.5 Å². The molecule has 7 nitrogen and oxygen atoms in total. The predicted molar refractivity (Wildman–Crippen MR) is 117 cm³/mol. The molecule has 1 heterocycles. The summed E-state index contributed by atoms with van der Waals surface area (Å²) in [6.07, 6.45) is 1.52. The minimum atomic E-state index is -4.47. The number of nitrogens with one attached hydrogen (secondary N) is 2. The maximum absolute atomic E-state index is 12.9. The molecule has 2 aliphatic rings. The number of carbonyl (C=O) groups is 1. The van der Waals surface area contributed by atoms with E-state index in [-0.39, 0.29) is 22.7 Å². The molecule has 1 saturated carbocycles. The van der Waals surface area contributed by atoms with Crippen molar-refractivity contribution >= 4 is 21.7 Å². The van der Waals surface area contributed by atoms with Gasteiger partial charge < -0.3 is 19.8 Å². The molecule has 0 unspecified atom stereocenters. The number of hydrogen-bond acceptors (Lipinski definition) is 6. The first kappa shape index (κ1) is 24.8. The number of likely N-dealkylation sites (N-methyl/N-ethyl adjacent to an activating group) is 1. The summed E-state index contributed by atoms with van der Waals surface area (Å²) in [6, 6.07) is 4.20. The van der Waals surface area contributed by atoms with Crippen molar-refractivity contribution in [2.24, 2.45) is 0 Å². The van der Waals surface area contributed by atoms with E-state index in [9.17, 15) is 26.4 Å². The zero-order valence-electron chi connectivity index (χ0n) is 18.5. The van der Waals surface area contributed by atoms with Gasteiger partial charge in [0.25, 0.3) is 5.91 Å². The van der Waals surface area contributed by atoms with Crippen LogP contribution >= 0.6 is 0 Å². The van der Waals surface area contributed by atoms with Gasteiger partial charge in [-0.3, -0.25) is 4.79 Å². The quantitative estimate of drug-likeness (QED) is 0.470. The maximum atomic E-state index is 12.9. The molecule has 1 aliphatic heterocycles. The summed E-state index contributed by atoms with van der Waals surface area (Å²) in [5.41, 5.74) is -1.07. The molecule has 2 N–H and O–H groups in total. The lowest BCUT2D eigenvalue weighted by Gasteiger charge is -2.34. The Morgan fingerprint density at radius 1 is 1.18 bits per heavy atom. The highest BCUT2D eigenvalue weighted by atomic mass is 32.2. The van der Waals surface area contributed by atoms with E-state index in [1.807, 2.05) is 0 Å². The average molecular weight is 486 g/mol. The number of alkyl halides is 3. The van der Waals surface area contributed by atoms with E-state index in [1.54, 1.807) is 14.0 Å². The monoisotopic (exact) mass is 485 g/mol. The number of allylic oxidation sites excluding steroid dienone is 2. The molecule has 1 aromatic carbocycles. The molecule has 0 radical (unpaired) electrons. The number of halogens is 3. The Bertz CT molecular complexity index is 1120. The lowest BCUT2D eigenvalue weighted by molar-refractivity contribution is -0.137. The van der Waals surface area contributed by atoms with Gasteiger partial charge in [-0.25, -0.2) is 0 Å². The second kappa shape index (κ2) is 8.85. The highest BCUT2D eigenvalue weighted by Crippen LogP contribution is 2.42. The van der Waals surface area contributed by atoms with Crippen LogP contribution in [0.2, 0.25) is 0 Å². The summed E-state index contributed by atoms with van der Waals surface area (Å²) in [7, 11) is -2.36. The molecule has 3 rings (SSSR count). The van der Waals surface area contributed by atoms with Crippen LogP contribution in [-0.4, -0.2) is 43.8 Å². The molecule has 1 spiro atoms. The molecule has 1 amide bonds. The zero-order chi connectivity index (χ0) is 24.6. The number of carbonyl (C=O) groups excluding carboxylic acids is 1. The van der Waals surface area contributed by atoms with Gasteiger partial charge in [0.2, 0.25) is 0 Å². The first-order valence-corrected chi connectivity index (χ1v) is 12.2. The number of nitrogens with zero attached hydrogens (tertiary/aromatic N) is 1. The normalized spacial score (nSPS) is 19.0. The van der Waals surface area contributed by atoms with E-state index in [1.165, 1.54) is 23.1 Å². The molecule has 11 heteroatoms. The Hall–Kier alpha value is -2.82. The molecular weight excluding hydrogens is 459 g/mol. The third-order valence-electron chi connectivity index (χ3n) is 5.90. The van der Waals surface area contributed by atoms with Crippen molar-refractivity contribution in [3.63, 3.8) is 0 Å². The van der Waals surface area contributed by atoms with Crippen LogP contribution in [0.15, 0.2) is 47.5 Å². The van der Waals surface area contributed by atoms with Crippen LogP contribution in [0.3, 0.4) is 0 Å². The predicted octanol–water partition coefficient (Wildman–Crippen LogP) is 3.93. The third-order valence-corrected chi connectivity index (χ3v) is 6.37. The second-order valence-corrected chi connectivity index (χ2v) is 9.97. The maximum Gasteiger partial charge on any atom is 0.416 e. The van der Waals surface area contributed by atoms with Crippen molar-refractivity contribution in [1.82, 2.24) is 10.2 Å². The lowest BCUT2D eigenvalue weighted by Crippen LogP contribution is -2.46. The van der Waals surface area contributed by atoms with Gasteiger partial charge in [0.15, 0.2) is 5.76 Å². The van der Waals surface area contributed by atoms with E-state index >= 15 is 0 Å². The summed E-state index contributed by atoms with van der Waals surface area (Å²) >= 11 is 0. The standard InChI is InChI=1S/C22H26F3N3O4S/c1-14(13-17(26)15-7-9-16(10-8-15)22(23,24)25)28(2)18-19(32-33(3,30)31)21(27-20(18)29)11-5-4-6-12-21/h7-10,13,26H,4-6,11-12H2,1-3H3,(H,27,29)/b14-13-,26-17?. The number of benzene rings is 1. The van der Waals surface area contributed by atoms with E-state index in [4.69, 9.17) is 9.59 Å². The molecule has 1 aliphatic carbocycles. The summed E-state index contributed by atoms with van der Waals surface area (Å²) < 4.78 is 67.6. The van der Waals surface area contributed by atoms with Crippen LogP contribution in [0.4, 0.5) is 13.2 Å². The summed E-state index contributed by atoms with van der Waals surface area (Å²) in [4.78, 5) is 14.3. The van der Waals surface area contributed by atoms with E-state index in [0.29, 0.717) is 18.5 Å². The average Bonchev–Trinajstić information content (AvgIpc) is 2.96. The molecule has 33 heavy (non-hydrogen) atoms. The van der Waals surface area contributed by atoms with Crippen molar-refractivity contribution in [3.05, 3.63) is 58.6 Å². The summed E-state index contributed by atoms with van der Waals surface area (Å²) in [6.45, 7) is 1.61. The minimum absolute atomic E-state index is 0.0382. The molecule has 0 atom stereocenters. The fourth-order valence-electron chi connectivity index (χ4n) is 4.15. The van der Waals surface area contributed by atoms with Crippen LogP contribution in [0, 0.1) is 5.41 Å². The van der Waals surface area contributed by atoms with Gasteiger partial charge >= 0.3 is 16.3 Å². The van der Waals surface area contributed by atoms with Crippen LogP contribution < -0.4 is 5.32 Å². The van der Waals surface area contributed by atoms with Crippen molar-refractivity contribution in [2.75, 3.05) is 13.3 Å². The number of rotatable bonds is 6. The molecule has 1 aromatic rings. The minimum Gasteiger partial charge on any atom is -0.382 e. The molecular formula is C22H26F3N3O4S. The fourth-order valence-corrected chi connectivity index (χ4v) is 4.69. The number of hydrogen-bond donors (Lipinski definition) is 2. The van der Waals surface area contributed by atoms with Crippen LogP contribution in [0.25, 0.3) is 0 Å². The van der Waals surface area contributed by atoms with Crippen LogP contribution in [-0.2, 0) is 25.3 Å². The van der Waals surface area contributed by atoms with Crippen molar-refractivity contribution in [3.8, 4) is 0 Å². The number of amides is 1. The molecule has 180 valence electrons. The Morgan fingerprint density at radius 2 is 1.76 bits per heavy atom. The lowest BCUT2D eigenvalue weighted by atomic mass is 9.81. The van der Waals surface area contributed by atoms with Gasteiger partial charge in [0, 0.05) is 12.7 Å². The van der Waals surface area contributed by atoms with Crippen LogP contribution in [0.5, 0.6) is 0 Å². The second-order valence-electron chi connectivity index (χ2n) is 8.40. The Kier molecular flexibility index (Phi) is 6.65. The summed E-state index contributed by atoms with van der Waals surface area (Å²) in [5.74, 6) is -0.433.